The van der Waals surface area contributed by atoms with E-state index in [0.717, 1.165) is 18.3 Å². The van der Waals surface area contributed by atoms with Crippen LogP contribution in [0.25, 0.3) is 0 Å². The van der Waals surface area contributed by atoms with E-state index in [9.17, 15) is 4.79 Å². The standard InChI is InChI=1S/C5HI3OS/c6-3-2(1-9)4(7)10-5(3)8/h1H. The number of aldehydes is 1. The van der Waals surface area contributed by atoms with Crippen LogP contribution in [0.15, 0.2) is 0 Å². The van der Waals surface area contributed by atoms with Crippen molar-refractivity contribution in [2.75, 3.05) is 0 Å². The van der Waals surface area contributed by atoms with E-state index in [1.807, 2.05) is 0 Å². The molecule has 0 bridgehead atoms. The van der Waals surface area contributed by atoms with Gasteiger partial charge in [0.15, 0.2) is 6.29 Å². The van der Waals surface area contributed by atoms with Crippen LogP contribution in [-0.2, 0) is 0 Å². The van der Waals surface area contributed by atoms with Crippen molar-refractivity contribution in [2.45, 2.75) is 0 Å². The first-order valence-corrected chi connectivity index (χ1v) is 6.30. The molecule has 0 fully saturated rings. The minimum absolute atomic E-state index is 0.843. The Labute approximate surface area is 103 Å². The average Bonchev–Trinajstić information content (AvgIpc) is 2.09. The molecule has 0 aliphatic rings. The maximum atomic E-state index is 10.5. The van der Waals surface area contributed by atoms with E-state index >= 15 is 0 Å². The first-order valence-electron chi connectivity index (χ1n) is 2.25. The van der Waals surface area contributed by atoms with Crippen LogP contribution in [0.2, 0.25) is 0 Å². The van der Waals surface area contributed by atoms with Gasteiger partial charge in [-0.2, -0.15) is 0 Å². The fraction of sp³-hybridized carbons (Fsp3) is 0. The van der Waals surface area contributed by atoms with E-state index in [2.05, 4.69) is 67.8 Å². The van der Waals surface area contributed by atoms with Gasteiger partial charge < -0.3 is 0 Å². The molecule has 1 nitrogen and oxygen atoms in total. The molecule has 0 aliphatic heterocycles. The van der Waals surface area contributed by atoms with Crippen LogP contribution < -0.4 is 0 Å². The highest BCUT2D eigenvalue weighted by molar-refractivity contribution is 14.1. The zero-order chi connectivity index (χ0) is 7.72. The Morgan fingerprint density at radius 3 is 2.00 bits per heavy atom. The highest BCUT2D eigenvalue weighted by atomic mass is 127. The lowest BCUT2D eigenvalue weighted by Gasteiger charge is -1.83. The molecule has 0 amide bonds. The topological polar surface area (TPSA) is 17.1 Å². The molecular formula is C5HI3OS. The minimum Gasteiger partial charge on any atom is -0.298 e. The molecule has 0 spiro atoms. The Kier molecular flexibility index (Phi) is 3.85. The van der Waals surface area contributed by atoms with Gasteiger partial charge in [-0.1, -0.05) is 0 Å². The molecule has 0 radical (unpaired) electrons. The van der Waals surface area contributed by atoms with Gasteiger partial charge in [-0.25, -0.2) is 0 Å². The summed E-state index contributed by atoms with van der Waals surface area (Å²) in [6.07, 6.45) is 0.919. The molecule has 0 aliphatic carbocycles. The summed E-state index contributed by atoms with van der Waals surface area (Å²) in [6, 6.07) is 0. The van der Waals surface area contributed by atoms with Crippen LogP contribution in [0.1, 0.15) is 10.4 Å². The van der Waals surface area contributed by atoms with Crippen LogP contribution in [0, 0.1) is 9.34 Å². The maximum absolute atomic E-state index is 10.5. The molecule has 0 N–H and O–H groups in total. The Morgan fingerprint density at radius 2 is 1.80 bits per heavy atom. The third-order valence-corrected chi connectivity index (χ3v) is 6.66. The summed E-state index contributed by atoms with van der Waals surface area (Å²) in [6.45, 7) is 0. The fourth-order valence-electron chi connectivity index (χ4n) is 0.469. The average molecular weight is 490 g/mol. The van der Waals surface area contributed by atoms with Gasteiger partial charge in [-0.3, -0.25) is 4.79 Å². The second-order valence-electron chi connectivity index (χ2n) is 1.49. The zero-order valence-corrected chi connectivity index (χ0v) is 11.8. The van der Waals surface area contributed by atoms with E-state index in [1.54, 1.807) is 11.3 Å². The lowest BCUT2D eigenvalue weighted by Crippen LogP contribution is -1.81. The van der Waals surface area contributed by atoms with Crippen molar-refractivity contribution >= 4 is 85.4 Å². The monoisotopic (exact) mass is 490 g/mol. The van der Waals surface area contributed by atoms with Gasteiger partial charge in [0.2, 0.25) is 0 Å². The SMILES string of the molecule is O=Cc1c(I)sc(I)c1I. The molecular weight excluding hydrogens is 489 g/mol. The first-order chi connectivity index (χ1) is 4.66. The van der Waals surface area contributed by atoms with Crippen LogP contribution >= 0.6 is 79.1 Å². The van der Waals surface area contributed by atoms with Crippen molar-refractivity contribution in [3.8, 4) is 0 Å². The second-order valence-corrected chi connectivity index (χ2v) is 7.22. The summed E-state index contributed by atoms with van der Waals surface area (Å²) in [5, 5.41) is 0. The van der Waals surface area contributed by atoms with Gasteiger partial charge in [0.25, 0.3) is 0 Å². The molecule has 5 heteroatoms. The van der Waals surface area contributed by atoms with E-state index in [4.69, 9.17) is 0 Å². The highest BCUT2D eigenvalue weighted by Crippen LogP contribution is 2.30. The summed E-state index contributed by atoms with van der Waals surface area (Å²) in [5.74, 6) is 0. The van der Waals surface area contributed by atoms with Crippen molar-refractivity contribution in [1.29, 1.82) is 0 Å². The highest BCUT2D eigenvalue weighted by Gasteiger charge is 2.10. The van der Waals surface area contributed by atoms with Crippen LogP contribution in [-0.4, -0.2) is 6.29 Å². The summed E-state index contributed by atoms with van der Waals surface area (Å²) in [4.78, 5) is 10.5. The molecule has 0 saturated carbocycles. The van der Waals surface area contributed by atoms with Crippen LogP contribution in [0.3, 0.4) is 0 Å². The fourth-order valence-corrected chi connectivity index (χ4v) is 5.78. The van der Waals surface area contributed by atoms with Gasteiger partial charge in [-0.15, -0.1) is 11.3 Å². The maximum Gasteiger partial charge on any atom is 0.153 e. The minimum atomic E-state index is 0.843. The summed E-state index contributed by atoms with van der Waals surface area (Å²) in [7, 11) is 0. The molecule has 1 aromatic heterocycles. The van der Waals surface area contributed by atoms with Crippen molar-refractivity contribution in [3.63, 3.8) is 0 Å². The smallest absolute Gasteiger partial charge is 0.153 e. The lowest BCUT2D eigenvalue weighted by atomic mass is 10.4. The van der Waals surface area contributed by atoms with Gasteiger partial charge >= 0.3 is 0 Å². The Hall–Kier alpha value is 1.56. The number of thiophene rings is 1. The second kappa shape index (κ2) is 3.99. The van der Waals surface area contributed by atoms with Gasteiger partial charge in [-0.05, 0) is 67.8 Å². The number of rotatable bonds is 1. The molecule has 1 heterocycles. The predicted octanol–water partition coefficient (Wildman–Crippen LogP) is 3.37. The lowest BCUT2D eigenvalue weighted by molar-refractivity contribution is 0.112. The Morgan fingerprint density at radius 1 is 1.20 bits per heavy atom. The van der Waals surface area contributed by atoms with E-state index in [1.165, 1.54) is 2.88 Å². The summed E-state index contributed by atoms with van der Waals surface area (Å²) >= 11 is 8.27. The number of carbonyl (C=O) groups is 1. The van der Waals surface area contributed by atoms with Crippen molar-refractivity contribution in [1.82, 2.24) is 0 Å². The van der Waals surface area contributed by atoms with Crippen LogP contribution in [0.5, 0.6) is 0 Å². The third kappa shape index (κ3) is 1.83. The Balaban J connectivity index is 3.33. The Bertz CT molecular complexity index is 268. The van der Waals surface area contributed by atoms with Gasteiger partial charge in [0.05, 0.1) is 11.3 Å². The molecule has 1 rings (SSSR count). The summed E-state index contributed by atoms with van der Waals surface area (Å²) in [5.41, 5.74) is 0.843. The third-order valence-electron chi connectivity index (χ3n) is 0.918. The van der Waals surface area contributed by atoms with E-state index in [0.29, 0.717) is 0 Å². The van der Waals surface area contributed by atoms with E-state index < -0.39 is 0 Å². The molecule has 0 unspecified atom stereocenters. The molecule has 10 heavy (non-hydrogen) atoms. The number of halogens is 3. The molecule has 0 aromatic carbocycles. The number of hydrogen-bond donors (Lipinski definition) is 0. The van der Waals surface area contributed by atoms with Crippen molar-refractivity contribution < 1.29 is 4.79 Å². The van der Waals surface area contributed by atoms with Gasteiger partial charge in [0.1, 0.15) is 0 Å². The first kappa shape index (κ1) is 9.65. The zero-order valence-electron chi connectivity index (χ0n) is 4.53. The number of carbonyl (C=O) groups excluding carboxylic acids is 1. The van der Waals surface area contributed by atoms with Crippen LogP contribution in [0.4, 0.5) is 0 Å². The normalized spacial score (nSPS) is 9.90. The quantitative estimate of drug-likeness (QED) is 0.437. The van der Waals surface area contributed by atoms with Crippen molar-refractivity contribution in [3.05, 3.63) is 14.9 Å². The van der Waals surface area contributed by atoms with E-state index in [-0.39, 0.29) is 0 Å². The molecule has 0 atom stereocenters. The van der Waals surface area contributed by atoms with Crippen molar-refractivity contribution in [2.24, 2.45) is 0 Å². The summed E-state index contributed by atoms with van der Waals surface area (Å²) < 4.78 is 3.37. The van der Waals surface area contributed by atoms with Gasteiger partial charge in [0, 0.05) is 3.57 Å². The largest absolute Gasteiger partial charge is 0.298 e. The molecule has 0 saturated heterocycles. The number of hydrogen-bond acceptors (Lipinski definition) is 2. The predicted molar refractivity (Wildman–Crippen MR) is 67.9 cm³/mol. The molecule has 54 valence electrons. The molecule has 1 aromatic rings.